The first-order chi connectivity index (χ1) is 24.0. The van der Waals surface area contributed by atoms with E-state index in [4.69, 9.17) is 9.47 Å². The quantitative estimate of drug-likeness (QED) is 0.137. The van der Waals surface area contributed by atoms with Gasteiger partial charge in [-0.2, -0.15) is 0 Å². The zero-order chi connectivity index (χ0) is 35.5. The van der Waals surface area contributed by atoms with Gasteiger partial charge >= 0.3 is 12.1 Å². The summed E-state index contributed by atoms with van der Waals surface area (Å²) >= 11 is 0. The van der Waals surface area contributed by atoms with Gasteiger partial charge in [0.25, 0.3) is 0 Å². The van der Waals surface area contributed by atoms with Crippen molar-refractivity contribution in [3.05, 3.63) is 114 Å². The molecule has 1 aliphatic rings. The van der Waals surface area contributed by atoms with Gasteiger partial charge in [0.15, 0.2) is 0 Å². The number of carbonyl (C=O) groups is 4. The highest BCUT2D eigenvalue weighted by Gasteiger charge is 2.30. The third-order valence-corrected chi connectivity index (χ3v) is 8.90. The van der Waals surface area contributed by atoms with Crippen LogP contribution in [0.5, 0.6) is 0 Å². The van der Waals surface area contributed by atoms with Gasteiger partial charge in [0.1, 0.15) is 18.2 Å². The number of benzene rings is 4. The number of hydrogen-bond donors (Lipinski definition) is 3. The standard InChI is InChI=1S/C41H47N3O6/c1-41(2,3)50-40(48)42-26-29-16-20-32(21-17-29)38(46)44-36(25-33-14-9-13-31-12-7-8-15-35(31)33)39(47)43-34-22-18-28(19-23-34)24-37(45)49-27-30-10-5-4-6-11-30/h4-15,18-19,22-23,29,32,36H,16-17,20-21,24-27H2,1-3H3,(H,42,48)(H,43,47)(H,44,46)/t29?,32?,36-/m0/s1. The summed E-state index contributed by atoms with van der Waals surface area (Å²) in [7, 11) is 0. The summed E-state index contributed by atoms with van der Waals surface area (Å²) in [4.78, 5) is 51.9. The van der Waals surface area contributed by atoms with Gasteiger partial charge in [0.05, 0.1) is 6.42 Å². The van der Waals surface area contributed by atoms with Crippen LogP contribution in [-0.2, 0) is 43.3 Å². The Hall–Kier alpha value is -5.18. The van der Waals surface area contributed by atoms with E-state index in [1.54, 1.807) is 24.3 Å². The molecule has 0 bridgehead atoms. The van der Waals surface area contributed by atoms with Crippen molar-refractivity contribution < 1.29 is 28.7 Å². The molecule has 0 spiro atoms. The van der Waals surface area contributed by atoms with Crippen LogP contribution in [0.1, 0.15) is 63.1 Å². The van der Waals surface area contributed by atoms with Gasteiger partial charge in [0, 0.05) is 24.6 Å². The van der Waals surface area contributed by atoms with Crippen molar-refractivity contribution in [1.29, 1.82) is 0 Å². The van der Waals surface area contributed by atoms with Gasteiger partial charge in [-0.3, -0.25) is 14.4 Å². The smallest absolute Gasteiger partial charge is 0.407 e. The first-order valence-electron chi connectivity index (χ1n) is 17.4. The second-order valence-electron chi connectivity index (χ2n) is 14.0. The minimum Gasteiger partial charge on any atom is -0.461 e. The molecule has 3 amide bonds. The molecule has 4 aromatic carbocycles. The number of carbonyl (C=O) groups excluding carboxylic acids is 4. The van der Waals surface area contributed by atoms with Crippen molar-refractivity contribution in [2.24, 2.45) is 11.8 Å². The van der Waals surface area contributed by atoms with E-state index >= 15 is 0 Å². The molecule has 9 nitrogen and oxygen atoms in total. The number of nitrogens with one attached hydrogen (secondary N) is 3. The summed E-state index contributed by atoms with van der Waals surface area (Å²) in [6.07, 6.45) is 2.92. The molecule has 4 aromatic rings. The molecule has 3 N–H and O–H groups in total. The van der Waals surface area contributed by atoms with Crippen LogP contribution < -0.4 is 16.0 Å². The second kappa shape index (κ2) is 17.0. The van der Waals surface area contributed by atoms with Crippen LogP contribution in [-0.4, -0.2) is 42.1 Å². The Labute approximate surface area is 294 Å². The molecule has 5 rings (SSSR count). The van der Waals surface area contributed by atoms with Gasteiger partial charge < -0.3 is 25.4 Å². The maximum absolute atomic E-state index is 13.8. The largest absolute Gasteiger partial charge is 0.461 e. The highest BCUT2D eigenvalue weighted by molar-refractivity contribution is 5.98. The summed E-state index contributed by atoms with van der Waals surface area (Å²) in [6, 6.07) is 29.8. The van der Waals surface area contributed by atoms with Gasteiger partial charge in [0.2, 0.25) is 11.8 Å². The molecule has 0 heterocycles. The topological polar surface area (TPSA) is 123 Å². The molecular formula is C41H47N3O6. The second-order valence-corrected chi connectivity index (χ2v) is 14.0. The molecule has 1 saturated carbocycles. The summed E-state index contributed by atoms with van der Waals surface area (Å²) in [6.45, 7) is 6.20. The van der Waals surface area contributed by atoms with E-state index < -0.39 is 17.7 Å². The van der Waals surface area contributed by atoms with Crippen molar-refractivity contribution in [3.8, 4) is 0 Å². The predicted octanol–water partition coefficient (Wildman–Crippen LogP) is 7.12. The van der Waals surface area contributed by atoms with E-state index in [1.807, 2.05) is 93.6 Å². The average molecular weight is 678 g/mol. The zero-order valence-electron chi connectivity index (χ0n) is 29.1. The van der Waals surface area contributed by atoms with Gasteiger partial charge in [-0.15, -0.1) is 0 Å². The Balaban J connectivity index is 1.19. The minimum absolute atomic E-state index is 0.111. The van der Waals surface area contributed by atoms with E-state index in [0.717, 1.165) is 40.3 Å². The summed E-state index contributed by atoms with van der Waals surface area (Å²) in [5.41, 5.74) is 2.65. The number of esters is 1. The molecule has 1 atom stereocenters. The normalized spacial score (nSPS) is 16.5. The Morgan fingerprint density at radius 1 is 0.780 bits per heavy atom. The lowest BCUT2D eigenvalue weighted by Crippen LogP contribution is -2.48. The fraction of sp³-hybridized carbons (Fsp3) is 0.366. The highest BCUT2D eigenvalue weighted by Crippen LogP contribution is 2.29. The Kier molecular flexibility index (Phi) is 12.3. The molecule has 1 fully saturated rings. The van der Waals surface area contributed by atoms with Crippen LogP contribution >= 0.6 is 0 Å². The van der Waals surface area contributed by atoms with Crippen molar-refractivity contribution in [2.45, 2.75) is 77.5 Å². The van der Waals surface area contributed by atoms with Gasteiger partial charge in [-0.1, -0.05) is 84.9 Å². The van der Waals surface area contributed by atoms with Crippen LogP contribution in [0.2, 0.25) is 0 Å². The number of amides is 3. The van der Waals surface area contributed by atoms with Crippen LogP contribution in [0.15, 0.2) is 97.1 Å². The van der Waals surface area contributed by atoms with E-state index in [-0.39, 0.29) is 42.6 Å². The molecule has 50 heavy (non-hydrogen) atoms. The lowest BCUT2D eigenvalue weighted by atomic mass is 9.81. The zero-order valence-corrected chi connectivity index (χ0v) is 29.1. The Morgan fingerprint density at radius 3 is 2.18 bits per heavy atom. The number of rotatable bonds is 12. The van der Waals surface area contributed by atoms with Gasteiger partial charge in [-0.25, -0.2) is 4.79 Å². The van der Waals surface area contributed by atoms with E-state index in [2.05, 4.69) is 16.0 Å². The van der Waals surface area contributed by atoms with Crippen molar-refractivity contribution in [2.75, 3.05) is 11.9 Å². The average Bonchev–Trinajstić information content (AvgIpc) is 3.10. The van der Waals surface area contributed by atoms with E-state index in [1.165, 1.54) is 0 Å². The van der Waals surface area contributed by atoms with Crippen LogP contribution in [0.4, 0.5) is 10.5 Å². The van der Waals surface area contributed by atoms with E-state index in [0.29, 0.717) is 31.5 Å². The first-order valence-corrected chi connectivity index (χ1v) is 17.4. The third kappa shape index (κ3) is 10.9. The summed E-state index contributed by atoms with van der Waals surface area (Å²) < 4.78 is 10.8. The summed E-state index contributed by atoms with van der Waals surface area (Å²) in [5, 5.41) is 11.0. The van der Waals surface area contributed by atoms with Crippen LogP contribution in [0, 0.1) is 11.8 Å². The number of ether oxygens (including phenoxy) is 2. The van der Waals surface area contributed by atoms with Crippen LogP contribution in [0.25, 0.3) is 10.8 Å². The number of alkyl carbamates (subject to hydrolysis) is 1. The van der Waals surface area contributed by atoms with Crippen molar-refractivity contribution in [1.82, 2.24) is 10.6 Å². The molecule has 0 saturated heterocycles. The maximum Gasteiger partial charge on any atom is 0.407 e. The fourth-order valence-electron chi connectivity index (χ4n) is 6.25. The predicted molar refractivity (Wildman–Crippen MR) is 194 cm³/mol. The minimum atomic E-state index is -0.812. The molecular weight excluding hydrogens is 630 g/mol. The molecule has 0 unspecified atom stereocenters. The fourth-order valence-corrected chi connectivity index (χ4v) is 6.25. The molecule has 0 radical (unpaired) electrons. The highest BCUT2D eigenvalue weighted by atomic mass is 16.6. The number of hydrogen-bond acceptors (Lipinski definition) is 6. The Morgan fingerprint density at radius 2 is 1.46 bits per heavy atom. The first kappa shape index (κ1) is 36.1. The van der Waals surface area contributed by atoms with E-state index in [9.17, 15) is 19.2 Å². The number of anilines is 1. The Bertz CT molecular complexity index is 1750. The van der Waals surface area contributed by atoms with Gasteiger partial charge in [-0.05, 0) is 92.0 Å². The molecule has 9 heteroatoms. The van der Waals surface area contributed by atoms with Crippen molar-refractivity contribution >= 4 is 40.3 Å². The lowest BCUT2D eigenvalue weighted by molar-refractivity contribution is -0.144. The molecule has 262 valence electrons. The molecule has 0 aliphatic heterocycles. The van der Waals surface area contributed by atoms with Crippen LogP contribution in [0.3, 0.4) is 0 Å². The SMILES string of the molecule is CC(C)(C)OC(=O)NCC1CCC(C(=O)N[C@@H](Cc2cccc3ccccc23)C(=O)Nc2ccc(CC(=O)OCc3ccccc3)cc2)CC1. The third-order valence-electron chi connectivity index (χ3n) is 8.90. The molecule has 1 aliphatic carbocycles. The summed E-state index contributed by atoms with van der Waals surface area (Å²) in [5.74, 6) is -0.770. The lowest BCUT2D eigenvalue weighted by Gasteiger charge is -2.29. The maximum atomic E-state index is 13.8. The molecule has 0 aromatic heterocycles. The number of fused-ring (bicyclic) bond motifs is 1. The van der Waals surface area contributed by atoms with Crippen molar-refractivity contribution in [3.63, 3.8) is 0 Å². The monoisotopic (exact) mass is 677 g/mol.